The van der Waals surface area contributed by atoms with Crippen LogP contribution in [0.3, 0.4) is 0 Å². The molecule has 0 spiro atoms. The SMILES string of the molecule is Cc1ccc(S(=O)(=O)N(C)Cc2c(F)cccc2Cl)c2cccnc12. The topological polar surface area (TPSA) is 50.3 Å². The second kappa shape index (κ2) is 6.71. The van der Waals surface area contributed by atoms with Crippen molar-refractivity contribution in [2.45, 2.75) is 18.4 Å². The number of sulfonamides is 1. The van der Waals surface area contributed by atoms with E-state index in [9.17, 15) is 12.8 Å². The van der Waals surface area contributed by atoms with Crippen molar-refractivity contribution < 1.29 is 12.8 Å². The molecular weight excluding hydrogens is 363 g/mol. The summed E-state index contributed by atoms with van der Waals surface area (Å²) in [5.74, 6) is -0.537. The number of nitrogens with zero attached hydrogens (tertiary/aromatic N) is 2. The Hall–Kier alpha value is -2.02. The van der Waals surface area contributed by atoms with E-state index in [4.69, 9.17) is 11.6 Å². The molecule has 0 aliphatic rings. The number of benzene rings is 2. The number of aromatic nitrogens is 1. The minimum atomic E-state index is -3.85. The molecule has 25 heavy (non-hydrogen) atoms. The molecule has 130 valence electrons. The minimum Gasteiger partial charge on any atom is -0.256 e. The molecule has 0 atom stereocenters. The zero-order chi connectivity index (χ0) is 18.2. The summed E-state index contributed by atoms with van der Waals surface area (Å²) in [6.07, 6.45) is 1.62. The first kappa shape index (κ1) is 17.8. The Bertz CT molecular complexity index is 1030. The van der Waals surface area contributed by atoms with E-state index in [1.807, 2.05) is 6.92 Å². The van der Waals surface area contributed by atoms with Crippen LogP contribution in [0, 0.1) is 12.7 Å². The van der Waals surface area contributed by atoms with Gasteiger partial charge in [0.2, 0.25) is 10.0 Å². The third-order valence-corrected chi connectivity index (χ3v) is 6.28. The summed E-state index contributed by atoms with van der Waals surface area (Å²) in [5.41, 5.74) is 1.65. The van der Waals surface area contributed by atoms with E-state index in [1.165, 1.54) is 25.2 Å². The summed E-state index contributed by atoms with van der Waals surface area (Å²) in [6, 6.07) is 10.9. The summed E-state index contributed by atoms with van der Waals surface area (Å²) >= 11 is 6.01. The highest BCUT2D eigenvalue weighted by Crippen LogP contribution is 2.28. The van der Waals surface area contributed by atoms with Gasteiger partial charge < -0.3 is 0 Å². The van der Waals surface area contributed by atoms with Crippen LogP contribution in [-0.4, -0.2) is 24.8 Å². The van der Waals surface area contributed by atoms with Gasteiger partial charge in [0.05, 0.1) is 10.4 Å². The second-order valence-corrected chi connectivity index (χ2v) is 8.16. The molecule has 0 saturated carbocycles. The number of aryl methyl sites for hydroxylation is 1. The summed E-state index contributed by atoms with van der Waals surface area (Å²) in [5, 5.41) is 0.728. The molecule has 3 rings (SSSR count). The fraction of sp³-hybridized carbons (Fsp3) is 0.167. The summed E-state index contributed by atoms with van der Waals surface area (Å²) in [6.45, 7) is 1.71. The second-order valence-electron chi connectivity index (χ2n) is 5.74. The number of halogens is 2. The lowest BCUT2D eigenvalue weighted by Gasteiger charge is -2.19. The first-order chi connectivity index (χ1) is 11.8. The lowest BCUT2D eigenvalue weighted by atomic mass is 10.1. The monoisotopic (exact) mass is 378 g/mol. The van der Waals surface area contributed by atoms with Crippen LogP contribution >= 0.6 is 11.6 Å². The standard InChI is InChI=1S/C18H16ClFN2O2S/c1-12-8-9-17(13-5-4-10-21-18(12)13)25(23,24)22(2)11-14-15(19)6-3-7-16(14)20/h3-10H,11H2,1-2H3. The Balaban J connectivity index is 2.07. The van der Waals surface area contributed by atoms with E-state index in [1.54, 1.807) is 30.5 Å². The van der Waals surface area contributed by atoms with Crippen LogP contribution in [0.15, 0.2) is 53.6 Å². The number of hydrogen-bond donors (Lipinski definition) is 0. The molecule has 1 aromatic heterocycles. The van der Waals surface area contributed by atoms with Crippen molar-refractivity contribution in [1.82, 2.24) is 9.29 Å². The normalized spacial score (nSPS) is 12.0. The fourth-order valence-electron chi connectivity index (χ4n) is 2.67. The van der Waals surface area contributed by atoms with Crippen molar-refractivity contribution in [2.75, 3.05) is 7.05 Å². The molecule has 0 amide bonds. The van der Waals surface area contributed by atoms with Gasteiger partial charge in [0.25, 0.3) is 0 Å². The molecule has 1 heterocycles. The maximum atomic E-state index is 14.0. The maximum absolute atomic E-state index is 14.0. The van der Waals surface area contributed by atoms with E-state index in [0.717, 1.165) is 9.87 Å². The molecular formula is C18H16ClFN2O2S. The Morgan fingerprint density at radius 1 is 1.16 bits per heavy atom. The first-order valence-corrected chi connectivity index (χ1v) is 9.37. The molecule has 0 saturated heterocycles. The van der Waals surface area contributed by atoms with Gasteiger partial charge in [-0.05, 0) is 42.8 Å². The zero-order valence-electron chi connectivity index (χ0n) is 13.7. The number of fused-ring (bicyclic) bond motifs is 1. The number of hydrogen-bond acceptors (Lipinski definition) is 3. The summed E-state index contributed by atoms with van der Waals surface area (Å²) in [7, 11) is -2.44. The van der Waals surface area contributed by atoms with E-state index < -0.39 is 15.8 Å². The van der Waals surface area contributed by atoms with Crippen LogP contribution < -0.4 is 0 Å². The molecule has 0 aliphatic carbocycles. The van der Waals surface area contributed by atoms with Gasteiger partial charge in [-0.3, -0.25) is 4.98 Å². The largest absolute Gasteiger partial charge is 0.256 e. The molecule has 0 unspecified atom stereocenters. The van der Waals surface area contributed by atoms with Crippen molar-refractivity contribution in [3.63, 3.8) is 0 Å². The molecule has 0 N–H and O–H groups in total. The van der Waals surface area contributed by atoms with Crippen LogP contribution in [0.4, 0.5) is 4.39 Å². The Kier molecular flexibility index (Phi) is 4.77. The predicted octanol–water partition coefficient (Wildman–Crippen LogP) is 4.16. The number of pyridine rings is 1. The van der Waals surface area contributed by atoms with Crippen LogP contribution in [0.5, 0.6) is 0 Å². The van der Waals surface area contributed by atoms with Crippen molar-refractivity contribution in [3.05, 3.63) is 70.6 Å². The van der Waals surface area contributed by atoms with E-state index in [0.29, 0.717) is 10.9 Å². The Morgan fingerprint density at radius 2 is 1.92 bits per heavy atom. The van der Waals surface area contributed by atoms with Crippen LogP contribution in [0.2, 0.25) is 5.02 Å². The zero-order valence-corrected chi connectivity index (χ0v) is 15.3. The van der Waals surface area contributed by atoms with Gasteiger partial charge in [0, 0.05) is 35.8 Å². The average Bonchev–Trinajstić information content (AvgIpc) is 2.58. The van der Waals surface area contributed by atoms with Crippen molar-refractivity contribution in [1.29, 1.82) is 0 Å². The van der Waals surface area contributed by atoms with Gasteiger partial charge >= 0.3 is 0 Å². The molecule has 7 heteroatoms. The first-order valence-electron chi connectivity index (χ1n) is 7.56. The van der Waals surface area contributed by atoms with E-state index in [2.05, 4.69) is 4.98 Å². The fourth-order valence-corrected chi connectivity index (χ4v) is 4.21. The van der Waals surface area contributed by atoms with E-state index >= 15 is 0 Å². The van der Waals surface area contributed by atoms with Crippen molar-refractivity contribution in [2.24, 2.45) is 0 Å². The van der Waals surface area contributed by atoms with Gasteiger partial charge in [-0.25, -0.2) is 12.8 Å². The van der Waals surface area contributed by atoms with Gasteiger partial charge in [0.15, 0.2) is 0 Å². The van der Waals surface area contributed by atoms with Crippen LogP contribution in [0.1, 0.15) is 11.1 Å². The maximum Gasteiger partial charge on any atom is 0.243 e. The lowest BCUT2D eigenvalue weighted by Crippen LogP contribution is -2.27. The molecule has 0 radical (unpaired) electrons. The Morgan fingerprint density at radius 3 is 2.64 bits per heavy atom. The highest BCUT2D eigenvalue weighted by atomic mass is 35.5. The predicted molar refractivity (Wildman–Crippen MR) is 96.5 cm³/mol. The summed E-state index contributed by atoms with van der Waals surface area (Å²) < 4.78 is 41.1. The van der Waals surface area contributed by atoms with Gasteiger partial charge in [-0.2, -0.15) is 4.31 Å². The van der Waals surface area contributed by atoms with Gasteiger partial charge in [-0.15, -0.1) is 0 Å². The third-order valence-electron chi connectivity index (χ3n) is 4.06. The summed E-state index contributed by atoms with van der Waals surface area (Å²) in [4.78, 5) is 4.40. The molecule has 0 aliphatic heterocycles. The highest BCUT2D eigenvalue weighted by molar-refractivity contribution is 7.89. The smallest absolute Gasteiger partial charge is 0.243 e. The van der Waals surface area contributed by atoms with Crippen LogP contribution in [-0.2, 0) is 16.6 Å². The molecule has 3 aromatic rings. The quantitative estimate of drug-likeness (QED) is 0.685. The lowest BCUT2D eigenvalue weighted by molar-refractivity contribution is 0.457. The molecule has 0 bridgehead atoms. The van der Waals surface area contributed by atoms with E-state index in [-0.39, 0.29) is 22.0 Å². The average molecular weight is 379 g/mol. The van der Waals surface area contributed by atoms with Crippen LogP contribution in [0.25, 0.3) is 10.9 Å². The Labute approximate surface area is 150 Å². The van der Waals surface area contributed by atoms with Gasteiger partial charge in [0.1, 0.15) is 5.82 Å². The van der Waals surface area contributed by atoms with Gasteiger partial charge in [-0.1, -0.05) is 23.7 Å². The molecule has 0 fully saturated rings. The highest BCUT2D eigenvalue weighted by Gasteiger charge is 2.25. The molecule has 4 nitrogen and oxygen atoms in total. The third kappa shape index (κ3) is 3.25. The van der Waals surface area contributed by atoms with Crippen molar-refractivity contribution in [3.8, 4) is 0 Å². The minimum absolute atomic E-state index is 0.135. The van der Waals surface area contributed by atoms with Crippen molar-refractivity contribution >= 4 is 32.5 Å². The molecule has 2 aromatic carbocycles. The number of rotatable bonds is 4.